The Morgan fingerprint density at radius 2 is 2.11 bits per heavy atom. The monoisotopic (exact) mass is 261 g/mol. The van der Waals surface area contributed by atoms with Crippen molar-refractivity contribution in [2.24, 2.45) is 0 Å². The molecule has 94 valence electrons. The van der Waals surface area contributed by atoms with E-state index in [-0.39, 0.29) is 5.91 Å². The molecule has 0 atom stereocenters. The molecule has 0 saturated carbocycles. The summed E-state index contributed by atoms with van der Waals surface area (Å²) < 4.78 is 0. The third kappa shape index (κ3) is 3.13. The topological polar surface area (TPSA) is 57.8 Å². The van der Waals surface area contributed by atoms with Crippen LogP contribution in [0.25, 0.3) is 0 Å². The predicted molar refractivity (Wildman–Crippen MR) is 73.9 cm³/mol. The van der Waals surface area contributed by atoms with Crippen molar-refractivity contribution in [1.82, 2.24) is 10.2 Å². The Kier molecular flexibility index (Phi) is 4.04. The zero-order valence-electron chi connectivity index (χ0n) is 10.4. The molecule has 0 aliphatic heterocycles. The summed E-state index contributed by atoms with van der Waals surface area (Å²) in [6.45, 7) is 3.94. The van der Waals surface area contributed by atoms with Crippen molar-refractivity contribution in [2.75, 3.05) is 11.1 Å². The maximum absolute atomic E-state index is 11.8. The molecule has 2 N–H and O–H groups in total. The molecule has 0 radical (unpaired) electrons. The Bertz CT molecular complexity index is 551. The van der Waals surface area contributed by atoms with Crippen LogP contribution in [-0.4, -0.2) is 21.9 Å². The van der Waals surface area contributed by atoms with E-state index in [1.54, 1.807) is 6.20 Å². The highest BCUT2D eigenvalue weighted by atomic mass is 32.2. The number of benzene rings is 1. The lowest BCUT2D eigenvalue weighted by Gasteiger charge is -2.05. The van der Waals surface area contributed by atoms with Gasteiger partial charge >= 0.3 is 0 Å². The van der Waals surface area contributed by atoms with Gasteiger partial charge in [0.25, 0.3) is 0 Å². The minimum atomic E-state index is -0.0318. The van der Waals surface area contributed by atoms with Crippen LogP contribution >= 0.6 is 11.8 Å². The smallest absolute Gasteiger partial charge is 0.235 e. The fourth-order valence-electron chi connectivity index (χ4n) is 1.51. The van der Waals surface area contributed by atoms with Gasteiger partial charge in [0.2, 0.25) is 5.91 Å². The van der Waals surface area contributed by atoms with Crippen molar-refractivity contribution in [3.05, 3.63) is 41.6 Å². The fraction of sp³-hybridized carbons (Fsp3) is 0.231. The van der Waals surface area contributed by atoms with Gasteiger partial charge in [0.1, 0.15) is 5.82 Å². The van der Waals surface area contributed by atoms with Gasteiger partial charge in [-0.25, -0.2) is 0 Å². The number of carbonyl (C=O) groups is 1. The highest BCUT2D eigenvalue weighted by molar-refractivity contribution is 8.00. The number of amides is 1. The Morgan fingerprint density at radius 1 is 1.33 bits per heavy atom. The molecular weight excluding hydrogens is 246 g/mol. The highest BCUT2D eigenvalue weighted by Crippen LogP contribution is 2.21. The normalized spacial score (nSPS) is 10.3. The number of aryl methyl sites for hydroxylation is 2. The van der Waals surface area contributed by atoms with E-state index < -0.39 is 0 Å². The molecule has 2 aromatic rings. The number of H-pyrrole nitrogens is 1. The minimum Gasteiger partial charge on any atom is -0.310 e. The third-order valence-corrected chi connectivity index (χ3v) is 3.72. The van der Waals surface area contributed by atoms with Crippen LogP contribution in [0.1, 0.15) is 11.1 Å². The lowest BCUT2D eigenvalue weighted by Crippen LogP contribution is -2.15. The maximum Gasteiger partial charge on any atom is 0.235 e. The molecule has 4 nitrogen and oxygen atoms in total. The van der Waals surface area contributed by atoms with Gasteiger partial charge < -0.3 is 5.32 Å². The summed E-state index contributed by atoms with van der Waals surface area (Å²) >= 11 is 1.54. The summed E-state index contributed by atoms with van der Waals surface area (Å²) in [6.07, 6.45) is 1.68. The molecule has 0 fully saturated rings. The van der Waals surface area contributed by atoms with Crippen molar-refractivity contribution < 1.29 is 4.79 Å². The van der Waals surface area contributed by atoms with E-state index in [9.17, 15) is 4.79 Å². The number of nitrogens with one attached hydrogen (secondary N) is 2. The number of anilines is 1. The Morgan fingerprint density at radius 3 is 2.78 bits per heavy atom. The van der Waals surface area contributed by atoms with Crippen molar-refractivity contribution in [3.63, 3.8) is 0 Å². The molecule has 0 spiro atoms. The van der Waals surface area contributed by atoms with Gasteiger partial charge in [-0.2, -0.15) is 5.10 Å². The zero-order valence-corrected chi connectivity index (χ0v) is 11.2. The molecule has 0 bridgehead atoms. The number of thioether (sulfide) groups is 1. The molecule has 0 unspecified atom stereocenters. The molecule has 1 aromatic heterocycles. The molecule has 1 amide bonds. The van der Waals surface area contributed by atoms with Crippen LogP contribution in [0.2, 0.25) is 0 Å². The van der Waals surface area contributed by atoms with Gasteiger partial charge in [0.05, 0.1) is 11.9 Å². The molecule has 18 heavy (non-hydrogen) atoms. The number of aromatic nitrogens is 2. The summed E-state index contributed by atoms with van der Waals surface area (Å²) in [5.41, 5.74) is 2.12. The number of hydrogen-bond donors (Lipinski definition) is 2. The summed E-state index contributed by atoms with van der Waals surface area (Å²) in [4.78, 5) is 12.9. The summed E-state index contributed by atoms with van der Waals surface area (Å²) in [6, 6.07) is 8.04. The summed E-state index contributed by atoms with van der Waals surface area (Å²) in [5.74, 6) is 1.03. The van der Waals surface area contributed by atoms with Crippen molar-refractivity contribution in [2.45, 2.75) is 18.7 Å². The Balaban J connectivity index is 1.90. The van der Waals surface area contributed by atoms with Gasteiger partial charge in [-0.3, -0.25) is 9.89 Å². The number of nitrogens with zero attached hydrogens (tertiary/aromatic N) is 1. The SMILES string of the molecule is Cc1ccccc1SCC(=O)Nc1[nH]ncc1C. The third-order valence-electron chi connectivity index (χ3n) is 2.55. The van der Waals surface area contributed by atoms with Crippen molar-refractivity contribution >= 4 is 23.5 Å². The molecule has 0 aliphatic rings. The zero-order chi connectivity index (χ0) is 13.0. The largest absolute Gasteiger partial charge is 0.310 e. The number of carbonyl (C=O) groups excluding carboxylic acids is 1. The number of aromatic amines is 1. The average Bonchev–Trinajstić information content (AvgIpc) is 2.74. The van der Waals surface area contributed by atoms with Gasteiger partial charge in [0, 0.05) is 10.5 Å². The Labute approximate surface area is 110 Å². The standard InChI is InChI=1S/C13H15N3OS/c1-9-5-3-4-6-11(9)18-8-12(17)15-13-10(2)7-14-16-13/h3-7H,8H2,1-2H3,(H2,14,15,16,17). The van der Waals surface area contributed by atoms with Crippen LogP contribution in [-0.2, 0) is 4.79 Å². The first-order chi connectivity index (χ1) is 8.66. The minimum absolute atomic E-state index is 0.0318. The van der Waals surface area contributed by atoms with Crippen molar-refractivity contribution in [3.8, 4) is 0 Å². The molecule has 1 heterocycles. The second-order valence-corrected chi connectivity index (χ2v) is 5.05. The fourth-order valence-corrected chi connectivity index (χ4v) is 2.34. The van der Waals surface area contributed by atoms with Crippen LogP contribution in [0.15, 0.2) is 35.4 Å². The van der Waals surface area contributed by atoms with Gasteiger partial charge in [0.15, 0.2) is 0 Å². The quantitative estimate of drug-likeness (QED) is 0.832. The van der Waals surface area contributed by atoms with Gasteiger partial charge in [-0.1, -0.05) is 18.2 Å². The van der Waals surface area contributed by atoms with E-state index >= 15 is 0 Å². The van der Waals surface area contributed by atoms with Crippen LogP contribution < -0.4 is 5.32 Å². The first-order valence-electron chi connectivity index (χ1n) is 5.65. The lowest BCUT2D eigenvalue weighted by atomic mass is 10.2. The summed E-state index contributed by atoms with van der Waals surface area (Å²) in [7, 11) is 0. The molecular formula is C13H15N3OS. The first kappa shape index (κ1) is 12.7. The average molecular weight is 261 g/mol. The number of hydrogen-bond acceptors (Lipinski definition) is 3. The van der Waals surface area contributed by atoms with Crippen LogP contribution in [0, 0.1) is 13.8 Å². The number of rotatable bonds is 4. The summed E-state index contributed by atoms with van der Waals surface area (Å²) in [5, 5.41) is 9.42. The second-order valence-electron chi connectivity index (χ2n) is 4.03. The molecule has 5 heteroatoms. The Hall–Kier alpha value is -1.75. The van der Waals surface area contributed by atoms with Crippen LogP contribution in [0.3, 0.4) is 0 Å². The van der Waals surface area contributed by atoms with E-state index in [0.717, 1.165) is 10.5 Å². The second kappa shape index (κ2) is 5.73. The van der Waals surface area contributed by atoms with E-state index in [1.165, 1.54) is 17.3 Å². The molecule has 0 saturated heterocycles. The predicted octanol–water partition coefficient (Wildman–Crippen LogP) is 2.76. The van der Waals surface area contributed by atoms with Gasteiger partial charge in [-0.05, 0) is 25.5 Å². The van der Waals surface area contributed by atoms with Crippen molar-refractivity contribution in [1.29, 1.82) is 0 Å². The van der Waals surface area contributed by atoms with Gasteiger partial charge in [-0.15, -0.1) is 11.8 Å². The van der Waals surface area contributed by atoms with E-state index in [0.29, 0.717) is 11.6 Å². The van der Waals surface area contributed by atoms with E-state index in [2.05, 4.69) is 15.5 Å². The molecule has 0 aliphatic carbocycles. The first-order valence-corrected chi connectivity index (χ1v) is 6.63. The van der Waals surface area contributed by atoms with Crippen LogP contribution in [0.5, 0.6) is 0 Å². The van der Waals surface area contributed by atoms with E-state index in [1.807, 2.05) is 38.1 Å². The highest BCUT2D eigenvalue weighted by Gasteiger charge is 2.07. The lowest BCUT2D eigenvalue weighted by molar-refractivity contribution is -0.113. The van der Waals surface area contributed by atoms with E-state index in [4.69, 9.17) is 0 Å². The molecule has 1 aromatic carbocycles. The maximum atomic E-state index is 11.8. The molecule has 2 rings (SSSR count). The van der Waals surface area contributed by atoms with Crippen LogP contribution in [0.4, 0.5) is 5.82 Å².